The fourth-order valence-electron chi connectivity index (χ4n) is 6.61. The second-order valence-corrected chi connectivity index (χ2v) is 64.8. The van der Waals surface area contributed by atoms with Crippen molar-refractivity contribution in [3.8, 4) is 0 Å². The average molecular weight is 2350 g/mol. The molecule has 0 aromatic heterocycles. The second kappa shape index (κ2) is 51.0. The molecule has 548 valence electrons. The molecule has 0 spiro atoms. The molecule has 0 bridgehead atoms. The second-order valence-electron chi connectivity index (χ2n) is 17.7. The molecule has 9 N–H and O–H groups in total. The number of hydrogen-bond acceptors (Lipinski definition) is 11. The summed E-state index contributed by atoms with van der Waals surface area (Å²) in [5.74, 6) is -3.08. The van der Waals surface area contributed by atoms with Gasteiger partial charge in [-0.05, 0) is 193 Å². The minimum absolute atomic E-state index is 0. The number of amides is 1. The van der Waals surface area contributed by atoms with Gasteiger partial charge >= 0.3 is 89.1 Å². The zero-order chi connectivity index (χ0) is 74.1. The summed E-state index contributed by atoms with van der Waals surface area (Å²) in [6.07, 6.45) is -8.85. The van der Waals surface area contributed by atoms with Gasteiger partial charge in [0, 0.05) is 59.8 Å². The van der Waals surface area contributed by atoms with E-state index in [1.54, 1.807) is 57.2 Å². The number of benzene rings is 8. The number of rotatable bonds is 11. The Morgan fingerprint density at radius 2 is 0.768 bits per heavy atom. The number of sulfonamides is 2. The standard InChI is InChI=1S/C21H16ClF3N2O3S.C14H12ClNO4S.C8H7ClO4S.C7H6F3N.C6H6ClN.CH2I2.2CH3I.3CH4.3HI.V/c1-13-5-10-18(31(29,30)27-16-8-6-15(22)7-9-16)12-19(13)20(28)26-17-4-2-3-14(11-17)21(23,24)25;1-9-2-7-12(8-13(9)14(17)18)21(19,20)16-11-5-3-10(15)4-6-11;1-5-2-3-6(14(9,12)13)4-7(5)8(10)11;8-7(9,10)5-2-1-3-6(11)4-5;7-5-1-3-6(8)4-2-5;2-1-3;2*1-2;;;;;;;/h2-12,27H,1H3,(H,26,28);2-8,16H,1H3,(H,17,18);2-4H,1H3,(H,10,11);1-4H,11H2;1-4H,8H2;1H2;2*1H3;3*1H4;3*1H;/q;;;;;;;;;;;;;;+3/p-3. The molecule has 0 atom stereocenters. The van der Waals surface area contributed by atoms with E-state index in [4.69, 9.17) is 67.2 Å². The summed E-state index contributed by atoms with van der Waals surface area (Å²) in [6.45, 7) is 4.77. The number of carbonyl (C=O) groups is 3. The van der Waals surface area contributed by atoms with Gasteiger partial charge in [0.25, 0.3) is 35.0 Å². The number of nitrogen functional groups attached to an aromatic ring is 2. The normalized spacial score (nSPS) is 10.3. The van der Waals surface area contributed by atoms with Crippen molar-refractivity contribution in [1.82, 2.24) is 0 Å². The Morgan fingerprint density at radius 3 is 1.08 bits per heavy atom. The third-order valence-electron chi connectivity index (χ3n) is 11.0. The van der Waals surface area contributed by atoms with Crippen LogP contribution in [-0.2, 0) is 46.4 Å². The van der Waals surface area contributed by atoms with E-state index >= 15 is 0 Å². The number of halogens is 17. The van der Waals surface area contributed by atoms with Crippen LogP contribution >= 0.6 is 196 Å². The number of nitrogens with two attached hydrogens (primary N) is 2. The van der Waals surface area contributed by atoms with Crippen molar-refractivity contribution in [2.45, 2.75) is 70.1 Å². The van der Waals surface area contributed by atoms with Crippen molar-refractivity contribution < 1.29 is 81.1 Å². The molecular formula is C62H67Cl4F6I7N5O11S3V. The van der Waals surface area contributed by atoms with Crippen LogP contribution in [0.15, 0.2) is 191 Å². The fraction of sp³-hybridized carbons (Fsp3) is 0.177. The van der Waals surface area contributed by atoms with E-state index in [1.165, 1.54) is 99.5 Å². The van der Waals surface area contributed by atoms with Gasteiger partial charge in [0.1, 0.15) is 0 Å². The molecule has 0 saturated carbocycles. The van der Waals surface area contributed by atoms with Crippen LogP contribution in [0.4, 0.5) is 54.8 Å². The van der Waals surface area contributed by atoms with Gasteiger partial charge in [0.05, 0.1) is 39.4 Å². The molecule has 8 aromatic rings. The SMILES string of the molecule is C.C.C.CI.CI.Cc1ccc(S(=O)(=O)Cl)cc1C(=O)O.Cc1ccc(S(=O)(=O)Nc2ccc(Cl)cc2)cc1C(=O)Nc1cccc(C(F)(F)F)c1.Cc1ccc(S(=O)(=O)Nc2ccc(Cl)cc2)cc1C(=O)O.ICI.Nc1ccc(Cl)cc1.Nc1cccc(C(F)(F)F)c1.[I][V]([I])[I]. The summed E-state index contributed by atoms with van der Waals surface area (Å²) in [7, 11) is -6.67. The average Bonchev–Trinajstić information content (AvgIpc) is 0.805. The summed E-state index contributed by atoms with van der Waals surface area (Å²) in [5.41, 5.74) is 11.7. The van der Waals surface area contributed by atoms with Crippen LogP contribution in [0, 0.1) is 20.8 Å². The van der Waals surface area contributed by atoms with Crippen molar-refractivity contribution in [3.63, 3.8) is 0 Å². The number of anilines is 5. The summed E-state index contributed by atoms with van der Waals surface area (Å²) < 4.78 is 152. The Hall–Kier alpha value is -2.35. The number of carbonyl (C=O) groups excluding carboxylic acids is 1. The van der Waals surface area contributed by atoms with Crippen LogP contribution in [0.5, 0.6) is 0 Å². The third kappa shape index (κ3) is 41.2. The van der Waals surface area contributed by atoms with Crippen LogP contribution in [-0.4, -0.2) is 65.6 Å². The van der Waals surface area contributed by atoms with Crippen molar-refractivity contribution >= 4 is 271 Å². The van der Waals surface area contributed by atoms with Crippen LogP contribution in [0.3, 0.4) is 0 Å². The maximum absolute atomic E-state index is 12.9. The van der Waals surface area contributed by atoms with Gasteiger partial charge in [0.2, 0.25) is 0 Å². The molecule has 16 nitrogen and oxygen atoms in total. The summed E-state index contributed by atoms with van der Waals surface area (Å²) in [4.78, 5) is 37.5. The Kier molecular flexibility index (Phi) is 53.0. The van der Waals surface area contributed by atoms with Gasteiger partial charge in [-0.3, -0.25) is 14.2 Å². The molecule has 0 aliphatic rings. The molecule has 0 fully saturated rings. The summed E-state index contributed by atoms with van der Waals surface area (Å²) in [5, 5.41) is 21.8. The molecule has 0 radical (unpaired) electrons. The number of aromatic carboxylic acids is 2. The molecule has 37 heteroatoms. The molecular weight excluding hydrogens is 2280 g/mol. The van der Waals surface area contributed by atoms with E-state index in [1.807, 2.05) is 9.86 Å². The van der Waals surface area contributed by atoms with Crippen molar-refractivity contribution in [3.05, 3.63) is 236 Å². The number of carboxylic acids is 2. The van der Waals surface area contributed by atoms with Gasteiger partial charge < -0.3 is 27.0 Å². The zero-order valence-electron chi connectivity index (χ0n) is 49.8. The maximum atomic E-state index is 12.9. The van der Waals surface area contributed by atoms with E-state index < -0.39 is 70.4 Å². The van der Waals surface area contributed by atoms with E-state index in [0.29, 0.717) is 32.4 Å². The molecule has 0 unspecified atom stereocenters. The first-order valence-electron chi connectivity index (χ1n) is 25.4. The molecule has 0 aliphatic heterocycles. The Morgan fingerprint density at radius 1 is 0.465 bits per heavy atom. The predicted octanol–water partition coefficient (Wildman–Crippen LogP) is 23.2. The molecule has 1 amide bonds. The molecule has 8 aromatic carbocycles. The van der Waals surface area contributed by atoms with Crippen LogP contribution in [0.25, 0.3) is 0 Å². The monoisotopic (exact) mass is 2350 g/mol. The Balaban J connectivity index is -0.000000579. The summed E-state index contributed by atoms with van der Waals surface area (Å²) >= 11 is 33.3. The van der Waals surface area contributed by atoms with Crippen molar-refractivity contribution in [1.29, 1.82) is 0 Å². The first-order valence-corrected chi connectivity index (χ1v) is 52.7. The van der Waals surface area contributed by atoms with Gasteiger partial charge in [-0.15, -0.1) is 0 Å². The molecule has 0 heterocycles. The number of carboxylic acid groups (broad SMARTS) is 2. The van der Waals surface area contributed by atoms with Crippen LogP contribution in [0.1, 0.15) is 81.2 Å². The Labute approximate surface area is 686 Å². The van der Waals surface area contributed by atoms with Crippen LogP contribution in [0.2, 0.25) is 15.1 Å². The molecule has 99 heavy (non-hydrogen) atoms. The van der Waals surface area contributed by atoms with Gasteiger partial charge in [-0.1, -0.05) is 178 Å². The Bertz CT molecular complexity index is 4140. The number of nitrogens with one attached hydrogen (secondary N) is 3. The predicted molar refractivity (Wildman–Crippen MR) is 451 cm³/mol. The third-order valence-corrected chi connectivity index (χ3v) is 15.8. The fourth-order valence-corrected chi connectivity index (χ4v) is 9.93. The minimum atomic E-state index is -4.56. The van der Waals surface area contributed by atoms with Crippen molar-refractivity contribution in [2.75, 3.05) is 38.5 Å². The molecule has 8 rings (SSSR count). The number of hydrogen-bond donors (Lipinski definition) is 7. The number of alkyl halides is 10. The number of aryl methyl sites for hydroxylation is 3. The molecule has 0 saturated heterocycles. The van der Waals surface area contributed by atoms with Gasteiger partial charge in [0.15, 0.2) is 0 Å². The zero-order valence-corrected chi connectivity index (χ0v) is 71.7. The first-order chi connectivity index (χ1) is 44.5. The van der Waals surface area contributed by atoms with Gasteiger partial charge in [-0.25, -0.2) is 34.8 Å². The quantitative estimate of drug-likeness (QED) is 0.0209. The van der Waals surface area contributed by atoms with E-state index in [-0.39, 0.29) is 75.6 Å². The topological polar surface area (TPSA) is 282 Å². The summed E-state index contributed by atoms with van der Waals surface area (Å²) in [6, 6.07) is 39.5. The van der Waals surface area contributed by atoms with E-state index in [9.17, 15) is 66.0 Å². The van der Waals surface area contributed by atoms with Crippen LogP contribution < -0.4 is 26.2 Å². The van der Waals surface area contributed by atoms with Crippen molar-refractivity contribution in [2.24, 2.45) is 0 Å². The van der Waals surface area contributed by atoms with E-state index in [0.717, 1.165) is 53.2 Å². The van der Waals surface area contributed by atoms with Gasteiger partial charge in [-0.2, -0.15) is 26.3 Å². The first kappa shape index (κ1) is 103. The molecule has 0 aliphatic carbocycles. The van der Waals surface area contributed by atoms with E-state index in [2.05, 4.69) is 165 Å².